The average Bonchev–Trinajstić information content (AvgIpc) is 2.97. The largest absolute Gasteiger partial charge is 0.478 e. The number of carboxylic acids is 1. The molecule has 0 aliphatic heterocycles. The van der Waals surface area contributed by atoms with E-state index in [4.69, 9.17) is 23.2 Å². The number of aryl methyl sites for hydroxylation is 1. The molecule has 0 bridgehead atoms. The Balaban J connectivity index is 2.22. The summed E-state index contributed by atoms with van der Waals surface area (Å²) in [6.45, 7) is 2.20. The van der Waals surface area contributed by atoms with E-state index in [2.05, 4.69) is 4.98 Å². The van der Waals surface area contributed by atoms with Crippen LogP contribution in [0.2, 0.25) is 10.0 Å². The van der Waals surface area contributed by atoms with Crippen molar-refractivity contribution in [3.8, 4) is 0 Å². The summed E-state index contributed by atoms with van der Waals surface area (Å²) in [5, 5.41) is 11.9. The summed E-state index contributed by atoms with van der Waals surface area (Å²) in [4.78, 5) is 29.4. The van der Waals surface area contributed by atoms with E-state index in [0.29, 0.717) is 27.1 Å². The predicted molar refractivity (Wildman–Crippen MR) is 100 cm³/mol. The molecule has 0 spiro atoms. The normalized spacial score (nSPS) is 11.2. The first-order valence-electron chi connectivity index (χ1n) is 7.60. The maximum atomic E-state index is 13.0. The zero-order chi connectivity index (χ0) is 18.1. The number of aromatic carboxylic acids is 1. The predicted octanol–water partition coefficient (Wildman–Crippen LogP) is 4.46. The molecule has 1 N–H and O–H groups in total. The van der Waals surface area contributed by atoms with Crippen LogP contribution >= 0.6 is 34.5 Å². The van der Waals surface area contributed by atoms with Gasteiger partial charge in [-0.2, -0.15) is 0 Å². The summed E-state index contributed by atoms with van der Waals surface area (Å²) >= 11 is 13.3. The molecule has 1 aromatic carbocycles. The van der Waals surface area contributed by atoms with Gasteiger partial charge in [-0.1, -0.05) is 36.2 Å². The third kappa shape index (κ3) is 3.42. The molecule has 25 heavy (non-hydrogen) atoms. The average molecular weight is 397 g/mol. The van der Waals surface area contributed by atoms with E-state index in [-0.39, 0.29) is 23.1 Å². The van der Waals surface area contributed by atoms with Crippen molar-refractivity contribution in [2.45, 2.75) is 26.3 Å². The first-order chi connectivity index (χ1) is 11.9. The summed E-state index contributed by atoms with van der Waals surface area (Å²) in [6.07, 6.45) is 1.42. The van der Waals surface area contributed by atoms with E-state index in [9.17, 15) is 14.7 Å². The van der Waals surface area contributed by atoms with Gasteiger partial charge in [-0.3, -0.25) is 9.36 Å². The fourth-order valence-electron chi connectivity index (χ4n) is 2.62. The Kier molecular flexibility index (Phi) is 5.13. The lowest BCUT2D eigenvalue weighted by molar-refractivity contribution is 0.0699. The van der Waals surface area contributed by atoms with Crippen LogP contribution in [0.25, 0.3) is 10.2 Å². The van der Waals surface area contributed by atoms with Crippen LogP contribution in [0, 0.1) is 0 Å². The van der Waals surface area contributed by atoms with Crippen LogP contribution in [0.15, 0.2) is 28.4 Å². The summed E-state index contributed by atoms with van der Waals surface area (Å²) in [5.74, 6) is -0.519. The molecular weight excluding hydrogens is 383 g/mol. The molecule has 0 amide bonds. The number of carbonyl (C=O) groups is 1. The molecular formula is C17H14Cl2N2O3S. The maximum absolute atomic E-state index is 13.0. The van der Waals surface area contributed by atoms with Crippen molar-refractivity contribution in [2.24, 2.45) is 0 Å². The molecule has 2 heterocycles. The topological polar surface area (TPSA) is 72.2 Å². The molecule has 8 heteroatoms. The molecule has 0 saturated carbocycles. The van der Waals surface area contributed by atoms with Gasteiger partial charge in [0.25, 0.3) is 5.56 Å². The Labute approximate surface area is 157 Å². The monoisotopic (exact) mass is 396 g/mol. The molecule has 130 valence electrons. The van der Waals surface area contributed by atoms with E-state index >= 15 is 0 Å². The number of halogens is 2. The number of hydrogen-bond donors (Lipinski definition) is 1. The fourth-order valence-corrected chi connectivity index (χ4v) is 4.01. The highest BCUT2D eigenvalue weighted by Gasteiger charge is 2.19. The Morgan fingerprint density at radius 1 is 1.36 bits per heavy atom. The molecule has 0 aliphatic rings. The van der Waals surface area contributed by atoms with Crippen molar-refractivity contribution < 1.29 is 9.90 Å². The van der Waals surface area contributed by atoms with E-state index in [1.807, 2.05) is 6.92 Å². The second-order valence-corrected chi connectivity index (χ2v) is 7.24. The second-order valence-electron chi connectivity index (χ2n) is 5.54. The lowest BCUT2D eigenvalue weighted by atomic mass is 10.2. The zero-order valence-electron chi connectivity index (χ0n) is 13.3. The van der Waals surface area contributed by atoms with Gasteiger partial charge >= 0.3 is 5.97 Å². The van der Waals surface area contributed by atoms with Crippen LogP contribution in [0.1, 0.15) is 35.1 Å². The lowest BCUT2D eigenvalue weighted by Crippen LogP contribution is -2.26. The van der Waals surface area contributed by atoms with Crippen molar-refractivity contribution in [3.05, 3.63) is 60.9 Å². The number of benzene rings is 1. The number of aromatic nitrogens is 2. The molecule has 2 aromatic heterocycles. The molecule has 0 atom stereocenters. The van der Waals surface area contributed by atoms with Crippen molar-refractivity contribution in [3.63, 3.8) is 0 Å². The van der Waals surface area contributed by atoms with Gasteiger partial charge in [-0.25, -0.2) is 9.78 Å². The molecule has 0 fully saturated rings. The minimum absolute atomic E-state index is 0.0171. The molecule has 0 radical (unpaired) electrons. The van der Waals surface area contributed by atoms with Gasteiger partial charge in [0.2, 0.25) is 0 Å². The summed E-state index contributed by atoms with van der Waals surface area (Å²) < 4.78 is 1.50. The minimum atomic E-state index is -1.13. The van der Waals surface area contributed by atoms with Gasteiger partial charge in [0, 0.05) is 21.8 Å². The van der Waals surface area contributed by atoms with Crippen LogP contribution in [0.3, 0.4) is 0 Å². The summed E-state index contributed by atoms with van der Waals surface area (Å²) in [7, 11) is 0. The van der Waals surface area contributed by atoms with E-state index in [1.54, 1.807) is 18.2 Å². The third-order valence-electron chi connectivity index (χ3n) is 3.82. The van der Waals surface area contributed by atoms with Gasteiger partial charge < -0.3 is 5.11 Å². The fraction of sp³-hybridized carbons (Fsp3) is 0.235. The van der Waals surface area contributed by atoms with Crippen molar-refractivity contribution in [1.82, 2.24) is 9.55 Å². The summed E-state index contributed by atoms with van der Waals surface area (Å²) in [6, 6.07) is 5.07. The highest BCUT2D eigenvalue weighted by atomic mass is 35.5. The lowest BCUT2D eigenvalue weighted by Gasteiger charge is -2.13. The number of carboxylic acid groups (broad SMARTS) is 1. The van der Waals surface area contributed by atoms with Crippen LogP contribution in [0.5, 0.6) is 0 Å². The Hall–Kier alpha value is -1.89. The molecule has 5 nitrogen and oxygen atoms in total. The van der Waals surface area contributed by atoms with Gasteiger partial charge in [0.05, 0.1) is 17.5 Å². The number of thiophene rings is 1. The quantitative estimate of drug-likeness (QED) is 0.690. The number of hydrogen-bond acceptors (Lipinski definition) is 4. The molecule has 0 aliphatic carbocycles. The molecule has 3 aromatic rings. The standard InChI is InChI=1S/C17H14Cl2N2O3S/c1-2-3-13-20-15-14(11(8-25-15)17(23)24)16(22)21(13)7-9-4-5-10(18)6-12(9)19/h4-6,8H,2-3,7H2,1H3,(H,23,24). The van der Waals surface area contributed by atoms with Crippen molar-refractivity contribution in [2.75, 3.05) is 0 Å². The minimum Gasteiger partial charge on any atom is -0.478 e. The van der Waals surface area contributed by atoms with Crippen molar-refractivity contribution in [1.29, 1.82) is 0 Å². The SMILES string of the molecule is CCCc1nc2scc(C(=O)O)c2c(=O)n1Cc1ccc(Cl)cc1Cl. The van der Waals surface area contributed by atoms with Gasteiger partial charge in [0.1, 0.15) is 10.7 Å². The van der Waals surface area contributed by atoms with E-state index in [0.717, 1.165) is 12.0 Å². The first kappa shape index (κ1) is 17.9. The first-order valence-corrected chi connectivity index (χ1v) is 9.24. The third-order valence-corrected chi connectivity index (χ3v) is 5.28. The van der Waals surface area contributed by atoms with Crippen molar-refractivity contribution >= 4 is 50.7 Å². The number of fused-ring (bicyclic) bond motifs is 1. The number of nitrogens with zero attached hydrogens (tertiary/aromatic N) is 2. The Morgan fingerprint density at radius 2 is 2.12 bits per heavy atom. The Morgan fingerprint density at radius 3 is 2.76 bits per heavy atom. The van der Waals surface area contributed by atoms with Crippen LogP contribution < -0.4 is 5.56 Å². The maximum Gasteiger partial charge on any atom is 0.337 e. The number of rotatable bonds is 5. The zero-order valence-corrected chi connectivity index (χ0v) is 15.6. The van der Waals surface area contributed by atoms with Gasteiger partial charge in [-0.15, -0.1) is 11.3 Å². The highest BCUT2D eigenvalue weighted by molar-refractivity contribution is 7.17. The van der Waals surface area contributed by atoms with E-state index < -0.39 is 5.97 Å². The second kappa shape index (κ2) is 7.15. The van der Waals surface area contributed by atoms with Crippen LogP contribution in [0.4, 0.5) is 0 Å². The smallest absolute Gasteiger partial charge is 0.337 e. The summed E-state index contributed by atoms with van der Waals surface area (Å²) in [5.41, 5.74) is 0.341. The van der Waals surface area contributed by atoms with Crippen LogP contribution in [-0.4, -0.2) is 20.6 Å². The van der Waals surface area contributed by atoms with Gasteiger partial charge in [0.15, 0.2) is 0 Å². The molecule has 0 saturated heterocycles. The van der Waals surface area contributed by atoms with E-state index in [1.165, 1.54) is 21.3 Å². The van der Waals surface area contributed by atoms with Crippen LogP contribution in [-0.2, 0) is 13.0 Å². The van der Waals surface area contributed by atoms with Gasteiger partial charge in [-0.05, 0) is 24.1 Å². The highest BCUT2D eigenvalue weighted by Crippen LogP contribution is 2.25. The molecule has 0 unspecified atom stereocenters. The Bertz CT molecular complexity index is 1030. The molecule has 3 rings (SSSR count).